The van der Waals surface area contributed by atoms with Crippen LogP contribution in [0.1, 0.15) is 32.6 Å². The zero-order valence-corrected chi connectivity index (χ0v) is 7.64. The summed E-state index contributed by atoms with van der Waals surface area (Å²) in [7, 11) is 0. The van der Waals surface area contributed by atoms with Gasteiger partial charge in [-0.25, -0.2) is 0 Å². The van der Waals surface area contributed by atoms with E-state index in [-0.39, 0.29) is 0 Å². The second-order valence-electron chi connectivity index (χ2n) is 4.43. The Bertz CT molecular complexity index is 202. The first-order valence-corrected chi connectivity index (χ1v) is 4.74. The van der Waals surface area contributed by atoms with Gasteiger partial charge in [-0.05, 0) is 31.1 Å². The van der Waals surface area contributed by atoms with Crippen molar-refractivity contribution in [2.24, 2.45) is 16.1 Å². The fourth-order valence-corrected chi connectivity index (χ4v) is 1.13. The van der Waals surface area contributed by atoms with Crippen molar-refractivity contribution in [3.8, 4) is 0 Å². The fourth-order valence-electron chi connectivity index (χ4n) is 1.13. The molecule has 2 rings (SSSR count). The number of aliphatic imine (C=N–C) groups is 1. The van der Waals surface area contributed by atoms with Crippen LogP contribution >= 0.6 is 0 Å². The Morgan fingerprint density at radius 2 is 2.25 bits per heavy atom. The van der Waals surface area contributed by atoms with Crippen LogP contribution in [-0.4, -0.2) is 18.5 Å². The van der Waals surface area contributed by atoms with Crippen molar-refractivity contribution < 1.29 is 0 Å². The summed E-state index contributed by atoms with van der Waals surface area (Å²) < 4.78 is 0. The zero-order chi connectivity index (χ0) is 8.60. The monoisotopic (exact) mass is 167 g/mol. The molecule has 2 saturated carbocycles. The second-order valence-corrected chi connectivity index (χ2v) is 4.43. The van der Waals surface area contributed by atoms with Gasteiger partial charge < -0.3 is 11.1 Å². The van der Waals surface area contributed by atoms with Crippen LogP contribution in [0.4, 0.5) is 0 Å². The topological polar surface area (TPSA) is 50.4 Å². The van der Waals surface area contributed by atoms with Crippen molar-refractivity contribution in [3.63, 3.8) is 0 Å². The normalized spacial score (nSPS) is 26.9. The Labute approximate surface area is 73.4 Å². The van der Waals surface area contributed by atoms with Gasteiger partial charge in [0.2, 0.25) is 0 Å². The molecule has 2 fully saturated rings. The zero-order valence-electron chi connectivity index (χ0n) is 7.64. The molecule has 0 atom stereocenters. The molecule has 0 aromatic heterocycles. The highest BCUT2D eigenvalue weighted by Crippen LogP contribution is 2.44. The second kappa shape index (κ2) is 2.64. The molecule has 0 saturated heterocycles. The third kappa shape index (κ3) is 2.13. The van der Waals surface area contributed by atoms with E-state index < -0.39 is 0 Å². The Hall–Kier alpha value is -0.730. The molecule has 2 aliphatic rings. The lowest BCUT2D eigenvalue weighted by Crippen LogP contribution is -2.33. The minimum Gasteiger partial charge on any atom is -0.370 e. The molecule has 0 unspecified atom stereocenters. The largest absolute Gasteiger partial charge is 0.370 e. The number of hydrogen-bond acceptors (Lipinski definition) is 1. The number of nitrogens with one attached hydrogen (secondary N) is 1. The molecule has 3 nitrogen and oxygen atoms in total. The molecule has 0 aliphatic heterocycles. The molecule has 3 N–H and O–H groups in total. The van der Waals surface area contributed by atoms with E-state index in [9.17, 15) is 0 Å². The van der Waals surface area contributed by atoms with Gasteiger partial charge in [0.1, 0.15) is 0 Å². The van der Waals surface area contributed by atoms with Gasteiger partial charge in [0.05, 0.1) is 0 Å². The maximum Gasteiger partial charge on any atom is 0.188 e. The van der Waals surface area contributed by atoms with Crippen molar-refractivity contribution in [3.05, 3.63) is 0 Å². The smallest absolute Gasteiger partial charge is 0.188 e. The van der Waals surface area contributed by atoms with Gasteiger partial charge in [-0.3, -0.25) is 4.99 Å². The predicted molar refractivity (Wildman–Crippen MR) is 50.0 cm³/mol. The lowest BCUT2D eigenvalue weighted by molar-refractivity contribution is 0.587. The first-order chi connectivity index (χ1) is 5.68. The molecule has 3 heteroatoms. The number of nitrogens with zero attached hydrogens (tertiary/aromatic N) is 1. The molecule has 68 valence electrons. The van der Waals surface area contributed by atoms with Crippen LogP contribution in [0.5, 0.6) is 0 Å². The van der Waals surface area contributed by atoms with E-state index >= 15 is 0 Å². The first-order valence-electron chi connectivity index (χ1n) is 4.74. The van der Waals surface area contributed by atoms with Crippen molar-refractivity contribution in [1.29, 1.82) is 0 Å². The van der Waals surface area contributed by atoms with Gasteiger partial charge in [-0.1, -0.05) is 6.92 Å². The number of nitrogens with two attached hydrogens (primary N) is 1. The van der Waals surface area contributed by atoms with Crippen LogP contribution in [0, 0.1) is 5.41 Å². The summed E-state index contributed by atoms with van der Waals surface area (Å²) in [6, 6.07) is 0.626. The molecule has 0 spiro atoms. The van der Waals surface area contributed by atoms with Crippen LogP contribution in [0.25, 0.3) is 0 Å². The van der Waals surface area contributed by atoms with E-state index in [0.29, 0.717) is 17.4 Å². The summed E-state index contributed by atoms with van der Waals surface area (Å²) in [6.07, 6.45) is 5.14. The summed E-state index contributed by atoms with van der Waals surface area (Å²) in [5, 5.41) is 3.18. The van der Waals surface area contributed by atoms with E-state index in [0.717, 1.165) is 6.54 Å². The quantitative estimate of drug-likeness (QED) is 0.483. The van der Waals surface area contributed by atoms with E-state index in [1.807, 2.05) is 0 Å². The molecule has 0 aromatic rings. The standard InChI is InChI=1S/C9H17N3/c1-9(4-5-9)6-11-8(10)12-7-2-3-7/h7H,2-6H2,1H3,(H3,10,11,12). The summed E-state index contributed by atoms with van der Waals surface area (Å²) in [5.74, 6) is 0.644. The molecule has 12 heavy (non-hydrogen) atoms. The van der Waals surface area contributed by atoms with Crippen LogP contribution in [0.3, 0.4) is 0 Å². The third-order valence-corrected chi connectivity index (χ3v) is 2.66. The highest BCUT2D eigenvalue weighted by molar-refractivity contribution is 5.78. The van der Waals surface area contributed by atoms with Gasteiger partial charge in [0.15, 0.2) is 5.96 Å². The molecule has 0 bridgehead atoms. The Morgan fingerprint density at radius 1 is 1.58 bits per heavy atom. The van der Waals surface area contributed by atoms with Gasteiger partial charge in [0.25, 0.3) is 0 Å². The first kappa shape index (κ1) is 7.90. The summed E-state index contributed by atoms with van der Waals surface area (Å²) in [4.78, 5) is 4.32. The highest BCUT2D eigenvalue weighted by atomic mass is 15.1. The molecular weight excluding hydrogens is 150 g/mol. The molecule has 0 radical (unpaired) electrons. The van der Waals surface area contributed by atoms with Crippen molar-refractivity contribution in [2.75, 3.05) is 6.54 Å². The minimum absolute atomic E-state index is 0.482. The van der Waals surface area contributed by atoms with Crippen LogP contribution < -0.4 is 11.1 Å². The maximum atomic E-state index is 5.69. The van der Waals surface area contributed by atoms with Crippen molar-refractivity contribution in [2.45, 2.75) is 38.6 Å². The van der Waals surface area contributed by atoms with Gasteiger partial charge in [0, 0.05) is 12.6 Å². The summed E-state index contributed by atoms with van der Waals surface area (Å²) in [6.45, 7) is 3.17. The molecule has 0 aromatic carbocycles. The van der Waals surface area contributed by atoms with Crippen LogP contribution in [0.2, 0.25) is 0 Å². The Kier molecular flexibility index (Phi) is 1.74. The predicted octanol–water partition coefficient (Wildman–Crippen LogP) is 0.853. The maximum absolute atomic E-state index is 5.69. The molecule has 0 heterocycles. The summed E-state index contributed by atoms with van der Waals surface area (Å²) >= 11 is 0. The van der Waals surface area contributed by atoms with Crippen molar-refractivity contribution in [1.82, 2.24) is 5.32 Å². The van der Waals surface area contributed by atoms with Gasteiger partial charge in [-0.15, -0.1) is 0 Å². The third-order valence-electron chi connectivity index (χ3n) is 2.66. The van der Waals surface area contributed by atoms with E-state index in [4.69, 9.17) is 5.73 Å². The SMILES string of the molecule is CC1(CN=C(N)NC2CC2)CC1. The van der Waals surface area contributed by atoms with Crippen LogP contribution in [0.15, 0.2) is 4.99 Å². The minimum atomic E-state index is 0.482. The lowest BCUT2D eigenvalue weighted by atomic mass is 10.1. The lowest BCUT2D eigenvalue weighted by Gasteiger charge is -2.05. The molecule has 2 aliphatic carbocycles. The Balaban J connectivity index is 1.73. The van der Waals surface area contributed by atoms with Gasteiger partial charge in [-0.2, -0.15) is 0 Å². The average molecular weight is 167 g/mol. The average Bonchev–Trinajstić information content (AvgIpc) is 2.87. The van der Waals surface area contributed by atoms with Crippen LogP contribution in [-0.2, 0) is 0 Å². The number of rotatable bonds is 3. The Morgan fingerprint density at radius 3 is 2.75 bits per heavy atom. The van der Waals surface area contributed by atoms with Crippen molar-refractivity contribution >= 4 is 5.96 Å². The fraction of sp³-hybridized carbons (Fsp3) is 0.889. The molecule has 0 amide bonds. The van der Waals surface area contributed by atoms with Gasteiger partial charge >= 0.3 is 0 Å². The van der Waals surface area contributed by atoms with E-state index in [1.165, 1.54) is 25.7 Å². The van der Waals surface area contributed by atoms with E-state index in [1.54, 1.807) is 0 Å². The number of hydrogen-bond donors (Lipinski definition) is 2. The number of guanidine groups is 1. The van der Waals surface area contributed by atoms with E-state index in [2.05, 4.69) is 17.2 Å². The molecular formula is C9H17N3. The summed E-state index contributed by atoms with van der Waals surface area (Å²) in [5.41, 5.74) is 6.17. The highest BCUT2D eigenvalue weighted by Gasteiger charge is 2.36.